The van der Waals surface area contributed by atoms with Gasteiger partial charge in [0.05, 0.1) is 0 Å². The van der Waals surface area contributed by atoms with Crippen molar-refractivity contribution in [1.82, 2.24) is 0 Å². The molecule has 2 fully saturated rings. The van der Waals surface area contributed by atoms with Gasteiger partial charge in [-0.15, -0.1) is 0 Å². The molecule has 2 rings (SSSR count). The van der Waals surface area contributed by atoms with Crippen molar-refractivity contribution in [3.8, 4) is 0 Å². The van der Waals surface area contributed by atoms with Crippen molar-refractivity contribution in [3.63, 3.8) is 0 Å². The van der Waals surface area contributed by atoms with Crippen molar-refractivity contribution in [3.05, 3.63) is 64.2 Å². The average Bonchev–Trinajstić information content (AvgIpc) is 2.67. The van der Waals surface area contributed by atoms with Crippen molar-refractivity contribution in [2.45, 2.75) is 0 Å². The minimum Gasteiger partial charge on any atom is -0.813 e. The van der Waals surface area contributed by atoms with Crippen molar-refractivity contribution in [1.29, 1.82) is 0 Å². The van der Waals surface area contributed by atoms with E-state index in [1.165, 1.54) is 0 Å². The van der Waals surface area contributed by atoms with Gasteiger partial charge in [0.15, 0.2) is 0 Å². The zero-order chi connectivity index (χ0) is 7.07. The van der Waals surface area contributed by atoms with Crippen molar-refractivity contribution in [2.24, 2.45) is 0 Å². The molecule has 0 unspecified atom stereocenters. The Morgan fingerprint density at radius 3 is 0.462 bits per heavy atom. The summed E-state index contributed by atoms with van der Waals surface area (Å²) in [6.07, 6.45) is 20.0. The summed E-state index contributed by atoms with van der Waals surface area (Å²) in [6, 6.07) is 0. The summed E-state index contributed by atoms with van der Waals surface area (Å²) in [7, 11) is 0. The minimum atomic E-state index is 0. The SMILES string of the molecule is [CH]1[CH][CH][CH][CH]1.[CH]1[CH][CH][CH][CH]1.[SH-].[SH-].[Ti+4]. The van der Waals surface area contributed by atoms with E-state index in [2.05, 4.69) is 0 Å². The van der Waals surface area contributed by atoms with Gasteiger partial charge < -0.3 is 27.0 Å². The van der Waals surface area contributed by atoms with Gasteiger partial charge >= 0.3 is 21.7 Å². The first-order valence-corrected chi connectivity index (χ1v) is 3.33. The van der Waals surface area contributed by atoms with Crippen LogP contribution in [0.1, 0.15) is 0 Å². The zero-order valence-corrected chi connectivity index (χ0v) is 10.5. The number of rotatable bonds is 0. The van der Waals surface area contributed by atoms with E-state index in [9.17, 15) is 0 Å². The van der Waals surface area contributed by atoms with E-state index in [1.807, 2.05) is 64.2 Å². The molecule has 0 aromatic carbocycles. The first-order chi connectivity index (χ1) is 5.00. The first kappa shape index (κ1) is 19.9. The molecule has 0 heterocycles. The average molecular weight is 244 g/mol. The summed E-state index contributed by atoms with van der Waals surface area (Å²) in [6.45, 7) is 0. The Hall–Kier alpha value is 1.41. The molecule has 66 valence electrons. The third-order valence-corrected chi connectivity index (χ3v) is 1.11. The number of hydrogen-bond acceptors (Lipinski definition) is 2. The third kappa shape index (κ3) is 13.4. The van der Waals surface area contributed by atoms with Gasteiger partial charge in [-0.3, -0.25) is 0 Å². The van der Waals surface area contributed by atoms with Crippen molar-refractivity contribution in [2.75, 3.05) is 0 Å². The Morgan fingerprint density at radius 2 is 0.385 bits per heavy atom. The molecule has 0 aliphatic heterocycles. The van der Waals surface area contributed by atoms with Gasteiger partial charge in [-0.25, -0.2) is 0 Å². The molecule has 0 aromatic rings. The van der Waals surface area contributed by atoms with Crippen LogP contribution in [-0.4, -0.2) is 0 Å². The first-order valence-electron chi connectivity index (χ1n) is 3.33. The molecule has 0 bridgehead atoms. The van der Waals surface area contributed by atoms with Gasteiger partial charge in [-0.05, 0) is 64.2 Å². The van der Waals surface area contributed by atoms with E-state index in [0.29, 0.717) is 0 Å². The van der Waals surface area contributed by atoms with Gasteiger partial charge in [0.25, 0.3) is 0 Å². The molecule has 13 heavy (non-hydrogen) atoms. The fraction of sp³-hybridized carbons (Fsp3) is 0. The van der Waals surface area contributed by atoms with Crippen LogP contribution in [0.5, 0.6) is 0 Å². The quantitative estimate of drug-likeness (QED) is 0.360. The van der Waals surface area contributed by atoms with E-state index in [-0.39, 0.29) is 48.7 Å². The van der Waals surface area contributed by atoms with Crippen LogP contribution in [0.15, 0.2) is 0 Å². The molecule has 0 nitrogen and oxygen atoms in total. The molecular formula is C10H12S2Ti+2. The van der Waals surface area contributed by atoms with Crippen LogP contribution in [0.4, 0.5) is 0 Å². The molecule has 3 heteroatoms. The standard InChI is InChI=1S/2C5H5.2H2S.Ti/c2*1-2-4-5-3-1;;;/h2*1-5H;2*1H2;/q;;;;+4/p-2. The van der Waals surface area contributed by atoms with Crippen molar-refractivity contribution >= 4 is 27.0 Å². The van der Waals surface area contributed by atoms with Crippen LogP contribution < -0.4 is 0 Å². The fourth-order valence-electron chi connectivity index (χ4n) is 0.642. The molecule has 0 spiro atoms. The van der Waals surface area contributed by atoms with Gasteiger partial charge in [0.1, 0.15) is 0 Å². The third-order valence-electron chi connectivity index (χ3n) is 1.11. The van der Waals surface area contributed by atoms with E-state index < -0.39 is 0 Å². The number of thiol groups is 2. The summed E-state index contributed by atoms with van der Waals surface area (Å²) in [5.41, 5.74) is 0. The molecule has 0 N–H and O–H groups in total. The summed E-state index contributed by atoms with van der Waals surface area (Å²) >= 11 is 0. The van der Waals surface area contributed by atoms with Gasteiger partial charge in [-0.1, -0.05) is 0 Å². The summed E-state index contributed by atoms with van der Waals surface area (Å²) in [5.74, 6) is 0. The Balaban J connectivity index is -0.000000125. The van der Waals surface area contributed by atoms with Gasteiger partial charge in [0.2, 0.25) is 0 Å². The van der Waals surface area contributed by atoms with Crippen LogP contribution in [0.25, 0.3) is 0 Å². The Morgan fingerprint density at radius 1 is 0.308 bits per heavy atom. The number of hydrogen-bond donors (Lipinski definition) is 0. The second kappa shape index (κ2) is 15.9. The van der Waals surface area contributed by atoms with Gasteiger partial charge in [0, 0.05) is 0 Å². The van der Waals surface area contributed by atoms with E-state index in [0.717, 1.165) is 0 Å². The fourth-order valence-corrected chi connectivity index (χ4v) is 0.642. The molecule has 10 radical (unpaired) electrons. The smallest absolute Gasteiger partial charge is 0.813 e. The topological polar surface area (TPSA) is 0 Å². The van der Waals surface area contributed by atoms with Crippen LogP contribution in [0.2, 0.25) is 0 Å². The van der Waals surface area contributed by atoms with Crippen molar-refractivity contribution < 1.29 is 21.7 Å². The van der Waals surface area contributed by atoms with E-state index >= 15 is 0 Å². The molecule has 0 amide bonds. The molecule has 0 atom stereocenters. The molecule has 2 aliphatic carbocycles. The van der Waals surface area contributed by atoms with Gasteiger partial charge in [-0.2, -0.15) is 0 Å². The van der Waals surface area contributed by atoms with E-state index in [1.54, 1.807) is 0 Å². The Kier molecular flexibility index (Phi) is 24.3. The maximum atomic E-state index is 2.00. The summed E-state index contributed by atoms with van der Waals surface area (Å²) in [5, 5.41) is 0. The molecular weight excluding hydrogens is 232 g/mol. The summed E-state index contributed by atoms with van der Waals surface area (Å²) in [4.78, 5) is 0. The summed E-state index contributed by atoms with van der Waals surface area (Å²) < 4.78 is 0. The maximum absolute atomic E-state index is 2.00. The minimum absolute atomic E-state index is 0. The van der Waals surface area contributed by atoms with E-state index in [4.69, 9.17) is 0 Å². The van der Waals surface area contributed by atoms with Crippen LogP contribution in [-0.2, 0) is 48.7 Å². The molecule has 2 aliphatic rings. The van der Waals surface area contributed by atoms with Crippen LogP contribution >= 0.6 is 0 Å². The van der Waals surface area contributed by atoms with Crippen LogP contribution in [0.3, 0.4) is 0 Å². The normalized spacial score (nSPS) is 18.5. The Labute approximate surface area is 112 Å². The monoisotopic (exact) mass is 244 g/mol. The zero-order valence-electron chi connectivity index (χ0n) is 7.17. The van der Waals surface area contributed by atoms with Crippen LogP contribution in [0, 0.1) is 64.2 Å². The molecule has 0 aromatic heterocycles. The predicted molar refractivity (Wildman–Crippen MR) is 60.5 cm³/mol. The largest absolute Gasteiger partial charge is 4.00 e. The Bertz CT molecular complexity index is 46.1. The molecule has 2 saturated carbocycles. The second-order valence-electron chi connectivity index (χ2n) is 1.92. The second-order valence-corrected chi connectivity index (χ2v) is 1.92. The maximum Gasteiger partial charge on any atom is 4.00 e. The molecule has 0 saturated heterocycles. The predicted octanol–water partition coefficient (Wildman–Crippen LogP) is 1.50.